The molecule has 1 nitrogen and oxygen atoms in total. The number of aliphatic hydroxyl groups is 1. The van der Waals surface area contributed by atoms with E-state index in [0.717, 1.165) is 6.42 Å². The van der Waals surface area contributed by atoms with Gasteiger partial charge in [-0.2, -0.15) is 0 Å². The van der Waals surface area contributed by atoms with Crippen molar-refractivity contribution in [3.8, 4) is 0 Å². The van der Waals surface area contributed by atoms with Crippen molar-refractivity contribution < 1.29 is 5.11 Å². The van der Waals surface area contributed by atoms with Crippen molar-refractivity contribution in [1.82, 2.24) is 0 Å². The van der Waals surface area contributed by atoms with Crippen molar-refractivity contribution in [1.29, 1.82) is 0 Å². The van der Waals surface area contributed by atoms with E-state index in [-0.39, 0.29) is 6.10 Å². The van der Waals surface area contributed by atoms with Crippen LogP contribution in [0.5, 0.6) is 0 Å². The van der Waals surface area contributed by atoms with Gasteiger partial charge in [-0.05, 0) is 38.3 Å². The Bertz CT molecular complexity index is 264. The molecule has 1 aromatic carbocycles. The Balaban J connectivity index is 2.86. The lowest BCUT2D eigenvalue weighted by Gasteiger charge is -2.08. The van der Waals surface area contributed by atoms with Gasteiger partial charge in [0.25, 0.3) is 0 Å². The lowest BCUT2D eigenvalue weighted by Crippen LogP contribution is -2.05. The maximum atomic E-state index is 9.20. The van der Waals surface area contributed by atoms with Gasteiger partial charge in [-0.1, -0.05) is 23.8 Å². The summed E-state index contributed by atoms with van der Waals surface area (Å²) in [6.45, 7) is 5.99. The fraction of sp³-hybridized carbons (Fsp3) is 0.455. The van der Waals surface area contributed by atoms with E-state index in [2.05, 4.69) is 32.0 Å². The first-order valence-corrected chi connectivity index (χ1v) is 4.34. The van der Waals surface area contributed by atoms with Crippen LogP contribution in [0.2, 0.25) is 0 Å². The third-order valence-electron chi connectivity index (χ3n) is 2.01. The minimum atomic E-state index is -0.244. The van der Waals surface area contributed by atoms with Crippen LogP contribution >= 0.6 is 0 Å². The molecular formula is C11H16O. The first-order valence-electron chi connectivity index (χ1n) is 4.34. The minimum Gasteiger partial charge on any atom is -0.393 e. The van der Waals surface area contributed by atoms with Crippen molar-refractivity contribution in [3.05, 3.63) is 34.9 Å². The molecule has 0 spiro atoms. The summed E-state index contributed by atoms with van der Waals surface area (Å²) in [4.78, 5) is 0. The zero-order valence-corrected chi connectivity index (χ0v) is 7.96. The summed E-state index contributed by atoms with van der Waals surface area (Å²) in [7, 11) is 0. The van der Waals surface area contributed by atoms with Crippen LogP contribution in [0.1, 0.15) is 23.6 Å². The van der Waals surface area contributed by atoms with Crippen LogP contribution in [-0.4, -0.2) is 11.2 Å². The van der Waals surface area contributed by atoms with Crippen LogP contribution < -0.4 is 0 Å². The maximum absolute atomic E-state index is 9.20. The molecule has 0 bridgehead atoms. The van der Waals surface area contributed by atoms with Crippen molar-refractivity contribution >= 4 is 0 Å². The van der Waals surface area contributed by atoms with E-state index in [1.807, 2.05) is 6.92 Å². The predicted molar refractivity (Wildman–Crippen MR) is 51.3 cm³/mol. The lowest BCUT2D eigenvalue weighted by atomic mass is 10.0. The topological polar surface area (TPSA) is 20.2 Å². The van der Waals surface area contributed by atoms with Crippen molar-refractivity contribution in [2.45, 2.75) is 33.3 Å². The van der Waals surface area contributed by atoms with Crippen LogP contribution in [0.25, 0.3) is 0 Å². The Labute approximate surface area is 74.1 Å². The summed E-state index contributed by atoms with van der Waals surface area (Å²) in [6, 6.07) is 6.33. The zero-order chi connectivity index (χ0) is 9.14. The third-order valence-corrected chi connectivity index (χ3v) is 2.01. The first kappa shape index (κ1) is 9.27. The quantitative estimate of drug-likeness (QED) is 0.710. The molecule has 1 aromatic rings. The number of benzene rings is 1. The molecule has 66 valence electrons. The lowest BCUT2D eigenvalue weighted by molar-refractivity contribution is 0.195. The van der Waals surface area contributed by atoms with Crippen LogP contribution in [0.15, 0.2) is 18.2 Å². The van der Waals surface area contributed by atoms with E-state index in [9.17, 15) is 5.11 Å². The average Bonchev–Trinajstić information content (AvgIpc) is 1.94. The fourth-order valence-electron chi connectivity index (χ4n) is 1.39. The molecule has 0 aliphatic rings. The Morgan fingerprint density at radius 1 is 1.33 bits per heavy atom. The SMILES string of the molecule is Cc1ccc(C[C@H](C)O)c(C)c1. The van der Waals surface area contributed by atoms with Crippen molar-refractivity contribution in [2.75, 3.05) is 0 Å². The summed E-state index contributed by atoms with van der Waals surface area (Å²) in [6.07, 6.45) is 0.512. The van der Waals surface area contributed by atoms with E-state index >= 15 is 0 Å². The Hall–Kier alpha value is -0.820. The summed E-state index contributed by atoms with van der Waals surface area (Å²) >= 11 is 0. The Kier molecular flexibility index (Phi) is 2.88. The van der Waals surface area contributed by atoms with Gasteiger partial charge in [0.05, 0.1) is 6.10 Å². The molecule has 0 amide bonds. The van der Waals surface area contributed by atoms with E-state index < -0.39 is 0 Å². The van der Waals surface area contributed by atoms with Gasteiger partial charge in [0.15, 0.2) is 0 Å². The molecule has 1 N–H and O–H groups in total. The second kappa shape index (κ2) is 3.72. The number of rotatable bonds is 2. The standard InChI is InChI=1S/C11H16O/c1-8-4-5-11(7-10(3)12)9(2)6-8/h4-6,10,12H,7H2,1-3H3/t10-/m0/s1. The highest BCUT2D eigenvalue weighted by atomic mass is 16.3. The van der Waals surface area contributed by atoms with Gasteiger partial charge in [0, 0.05) is 0 Å². The molecule has 0 aliphatic heterocycles. The summed E-state index contributed by atoms with van der Waals surface area (Å²) in [5.41, 5.74) is 3.80. The molecule has 0 aromatic heterocycles. The van der Waals surface area contributed by atoms with Gasteiger partial charge in [-0.15, -0.1) is 0 Å². The second-order valence-electron chi connectivity index (χ2n) is 3.48. The molecule has 0 unspecified atom stereocenters. The van der Waals surface area contributed by atoms with E-state index in [0.29, 0.717) is 0 Å². The molecule has 1 heteroatoms. The van der Waals surface area contributed by atoms with Gasteiger partial charge < -0.3 is 5.11 Å². The highest BCUT2D eigenvalue weighted by Crippen LogP contribution is 2.12. The maximum Gasteiger partial charge on any atom is 0.0552 e. The predicted octanol–water partition coefficient (Wildman–Crippen LogP) is 2.23. The molecule has 0 heterocycles. The van der Waals surface area contributed by atoms with Gasteiger partial charge in [0.1, 0.15) is 0 Å². The largest absolute Gasteiger partial charge is 0.393 e. The Morgan fingerprint density at radius 2 is 2.00 bits per heavy atom. The van der Waals surface area contributed by atoms with Gasteiger partial charge in [-0.25, -0.2) is 0 Å². The van der Waals surface area contributed by atoms with Crippen LogP contribution in [0.4, 0.5) is 0 Å². The summed E-state index contributed by atoms with van der Waals surface area (Å²) < 4.78 is 0. The summed E-state index contributed by atoms with van der Waals surface area (Å²) in [5.74, 6) is 0. The molecule has 12 heavy (non-hydrogen) atoms. The average molecular weight is 164 g/mol. The Morgan fingerprint density at radius 3 is 2.50 bits per heavy atom. The molecule has 0 aliphatic carbocycles. The molecule has 0 saturated carbocycles. The zero-order valence-electron chi connectivity index (χ0n) is 7.96. The van der Waals surface area contributed by atoms with Gasteiger partial charge in [-0.3, -0.25) is 0 Å². The smallest absolute Gasteiger partial charge is 0.0552 e. The highest BCUT2D eigenvalue weighted by molar-refractivity contribution is 5.30. The normalized spacial score (nSPS) is 13.0. The number of aryl methyl sites for hydroxylation is 2. The van der Waals surface area contributed by atoms with Crippen LogP contribution in [0.3, 0.4) is 0 Å². The van der Waals surface area contributed by atoms with Crippen LogP contribution in [0, 0.1) is 13.8 Å². The number of hydrogen-bond donors (Lipinski definition) is 1. The molecule has 1 atom stereocenters. The molecule has 0 fully saturated rings. The molecule has 0 saturated heterocycles. The molecule has 1 rings (SSSR count). The first-order chi connectivity index (χ1) is 5.59. The third kappa shape index (κ3) is 2.35. The van der Waals surface area contributed by atoms with Crippen molar-refractivity contribution in [2.24, 2.45) is 0 Å². The van der Waals surface area contributed by atoms with Gasteiger partial charge >= 0.3 is 0 Å². The minimum absolute atomic E-state index is 0.244. The van der Waals surface area contributed by atoms with E-state index in [1.54, 1.807) is 0 Å². The fourth-order valence-corrected chi connectivity index (χ4v) is 1.39. The number of hydrogen-bond acceptors (Lipinski definition) is 1. The van der Waals surface area contributed by atoms with Crippen molar-refractivity contribution in [3.63, 3.8) is 0 Å². The van der Waals surface area contributed by atoms with E-state index in [4.69, 9.17) is 0 Å². The highest BCUT2D eigenvalue weighted by Gasteiger charge is 2.01. The molecule has 0 radical (unpaired) electrons. The van der Waals surface area contributed by atoms with E-state index in [1.165, 1.54) is 16.7 Å². The molecular weight excluding hydrogens is 148 g/mol. The van der Waals surface area contributed by atoms with Gasteiger partial charge in [0.2, 0.25) is 0 Å². The number of aliphatic hydroxyl groups excluding tert-OH is 1. The van der Waals surface area contributed by atoms with Crippen LogP contribution in [-0.2, 0) is 6.42 Å². The second-order valence-corrected chi connectivity index (χ2v) is 3.48. The summed E-state index contributed by atoms with van der Waals surface area (Å²) in [5, 5.41) is 9.20. The monoisotopic (exact) mass is 164 g/mol.